The van der Waals surface area contributed by atoms with Crippen LogP contribution in [0.1, 0.15) is 51.7 Å². The smallest absolute Gasteiger partial charge is 0.0491 e. The highest BCUT2D eigenvalue weighted by Crippen LogP contribution is 2.17. The molecule has 136 valence electrons. The number of rotatable bonds is 10. The summed E-state index contributed by atoms with van der Waals surface area (Å²) in [7, 11) is 0. The van der Waals surface area contributed by atoms with Crippen LogP contribution in [0.4, 0.5) is 0 Å². The van der Waals surface area contributed by atoms with Gasteiger partial charge in [0.1, 0.15) is 0 Å². The van der Waals surface area contributed by atoms with E-state index in [1.54, 1.807) is 0 Å². The Morgan fingerprint density at radius 3 is 1.76 bits per heavy atom. The third-order valence-corrected chi connectivity index (χ3v) is 4.63. The van der Waals surface area contributed by atoms with Gasteiger partial charge in [-0.2, -0.15) is 0 Å². The summed E-state index contributed by atoms with van der Waals surface area (Å²) in [5.41, 5.74) is 2.89. The first kappa shape index (κ1) is 19.7. The Balaban J connectivity index is 1.98. The molecular weight excluding hydrogens is 304 g/mol. The van der Waals surface area contributed by atoms with Crippen LogP contribution in [-0.2, 0) is 13.1 Å². The van der Waals surface area contributed by atoms with Gasteiger partial charge in [0.25, 0.3) is 0 Å². The van der Waals surface area contributed by atoms with Gasteiger partial charge in [0.15, 0.2) is 0 Å². The number of nitrogens with one attached hydrogen (secondary N) is 1. The second kappa shape index (κ2) is 9.74. The van der Waals surface area contributed by atoms with Crippen molar-refractivity contribution in [3.8, 4) is 0 Å². The maximum absolute atomic E-state index is 3.78. The van der Waals surface area contributed by atoms with Crippen molar-refractivity contribution in [3.05, 3.63) is 71.8 Å². The largest absolute Gasteiger partial charge is 0.299 e. The van der Waals surface area contributed by atoms with E-state index in [9.17, 15) is 0 Å². The predicted octanol–water partition coefficient (Wildman–Crippen LogP) is 5.45. The van der Waals surface area contributed by atoms with Crippen molar-refractivity contribution in [2.45, 2.75) is 59.2 Å². The van der Waals surface area contributed by atoms with Crippen LogP contribution in [0.3, 0.4) is 0 Å². The molecule has 0 spiro atoms. The summed E-state index contributed by atoms with van der Waals surface area (Å²) in [5, 5.41) is 3.78. The van der Waals surface area contributed by atoms with Crippen LogP contribution in [-0.4, -0.2) is 17.1 Å². The fraction of sp³-hybridized carbons (Fsp3) is 0.478. The van der Waals surface area contributed by atoms with Gasteiger partial charge in [0, 0.05) is 25.3 Å². The molecule has 0 amide bonds. The second-order valence-corrected chi connectivity index (χ2v) is 8.11. The molecule has 0 heterocycles. The number of hydrogen-bond donors (Lipinski definition) is 1. The van der Waals surface area contributed by atoms with Crippen molar-refractivity contribution >= 4 is 0 Å². The lowest BCUT2D eigenvalue weighted by atomic mass is 9.94. The molecule has 2 nitrogen and oxygen atoms in total. The monoisotopic (exact) mass is 338 g/mol. The fourth-order valence-electron chi connectivity index (χ4n) is 2.91. The van der Waals surface area contributed by atoms with Crippen molar-refractivity contribution < 1.29 is 0 Å². The zero-order chi connectivity index (χ0) is 18.1. The fourth-order valence-corrected chi connectivity index (χ4v) is 2.91. The molecule has 0 radical (unpaired) electrons. The van der Waals surface area contributed by atoms with Crippen LogP contribution in [0.25, 0.3) is 0 Å². The molecule has 0 aliphatic heterocycles. The molecule has 1 N–H and O–H groups in total. The van der Waals surface area contributed by atoms with Gasteiger partial charge in [-0.05, 0) is 43.7 Å². The van der Waals surface area contributed by atoms with E-state index < -0.39 is 0 Å². The first-order valence-corrected chi connectivity index (χ1v) is 9.50. The van der Waals surface area contributed by atoms with E-state index in [4.69, 9.17) is 0 Å². The Labute approximate surface area is 154 Å². The van der Waals surface area contributed by atoms with E-state index >= 15 is 0 Å². The number of hydrogen-bond acceptors (Lipinski definition) is 2. The van der Waals surface area contributed by atoms with Crippen molar-refractivity contribution in [1.82, 2.24) is 10.2 Å². The zero-order valence-corrected chi connectivity index (χ0v) is 16.3. The average Bonchev–Trinajstić information content (AvgIpc) is 2.60. The topological polar surface area (TPSA) is 15.3 Å². The highest BCUT2D eigenvalue weighted by atomic mass is 15.2. The summed E-state index contributed by atoms with van der Waals surface area (Å²) >= 11 is 0. The van der Waals surface area contributed by atoms with Crippen molar-refractivity contribution in [3.63, 3.8) is 0 Å². The average molecular weight is 339 g/mol. The van der Waals surface area contributed by atoms with Crippen molar-refractivity contribution in [2.24, 2.45) is 5.92 Å². The molecule has 2 aromatic carbocycles. The van der Waals surface area contributed by atoms with Gasteiger partial charge in [-0.15, -0.1) is 0 Å². The molecule has 0 aliphatic carbocycles. The maximum Gasteiger partial charge on any atom is 0.0491 e. The van der Waals surface area contributed by atoms with Crippen LogP contribution < -0.4 is 5.32 Å². The van der Waals surface area contributed by atoms with Crippen molar-refractivity contribution in [1.29, 1.82) is 0 Å². The van der Waals surface area contributed by atoms with E-state index in [0.717, 1.165) is 25.7 Å². The standard InChI is InChI=1S/C23H34N2/c1-20(2)15-16-23(3,4)24-19-25(17-21-11-7-5-8-12-21)18-22-13-9-6-10-14-22/h5-14,20,24H,15-19H2,1-4H3. The van der Waals surface area contributed by atoms with Gasteiger partial charge in [-0.3, -0.25) is 10.2 Å². The minimum Gasteiger partial charge on any atom is -0.299 e. The number of benzene rings is 2. The van der Waals surface area contributed by atoms with E-state index in [-0.39, 0.29) is 5.54 Å². The highest BCUT2D eigenvalue weighted by molar-refractivity contribution is 5.17. The first-order valence-electron chi connectivity index (χ1n) is 9.50. The quantitative estimate of drug-likeness (QED) is 0.579. The molecule has 0 fully saturated rings. The van der Waals surface area contributed by atoms with E-state index in [1.807, 2.05) is 0 Å². The minimum atomic E-state index is 0.163. The molecule has 0 atom stereocenters. The van der Waals surface area contributed by atoms with E-state index in [1.165, 1.54) is 24.0 Å². The Bertz CT molecular complexity index is 549. The molecule has 0 bridgehead atoms. The molecule has 25 heavy (non-hydrogen) atoms. The lowest BCUT2D eigenvalue weighted by molar-refractivity contribution is 0.193. The molecule has 2 heteroatoms. The molecule has 0 saturated heterocycles. The van der Waals surface area contributed by atoms with Gasteiger partial charge in [0.2, 0.25) is 0 Å². The third-order valence-electron chi connectivity index (χ3n) is 4.63. The highest BCUT2D eigenvalue weighted by Gasteiger charge is 2.19. The normalized spacial score (nSPS) is 12.1. The minimum absolute atomic E-state index is 0.163. The van der Waals surface area contributed by atoms with Gasteiger partial charge in [-0.1, -0.05) is 74.5 Å². The second-order valence-electron chi connectivity index (χ2n) is 8.11. The van der Waals surface area contributed by atoms with E-state index in [2.05, 4.69) is 98.6 Å². The van der Waals surface area contributed by atoms with E-state index in [0.29, 0.717) is 0 Å². The molecule has 0 saturated carbocycles. The van der Waals surface area contributed by atoms with Crippen molar-refractivity contribution in [2.75, 3.05) is 6.67 Å². The molecule has 0 aliphatic rings. The molecule has 0 unspecified atom stereocenters. The molecule has 0 aromatic heterocycles. The zero-order valence-electron chi connectivity index (χ0n) is 16.3. The summed E-state index contributed by atoms with van der Waals surface area (Å²) in [4.78, 5) is 2.49. The summed E-state index contributed by atoms with van der Waals surface area (Å²) in [5.74, 6) is 0.755. The van der Waals surface area contributed by atoms with Crippen LogP contribution in [0.15, 0.2) is 60.7 Å². The SMILES string of the molecule is CC(C)CCC(C)(C)NCN(Cc1ccccc1)Cc1ccccc1. The Kier molecular flexibility index (Phi) is 7.67. The summed E-state index contributed by atoms with van der Waals surface area (Å²) in [6.07, 6.45) is 2.46. The summed E-state index contributed by atoms with van der Waals surface area (Å²) < 4.78 is 0. The van der Waals surface area contributed by atoms with Gasteiger partial charge in [-0.25, -0.2) is 0 Å². The third kappa shape index (κ3) is 7.85. The van der Waals surface area contributed by atoms with Crippen LogP contribution in [0.5, 0.6) is 0 Å². The Morgan fingerprint density at radius 1 is 0.840 bits per heavy atom. The number of nitrogens with zero attached hydrogens (tertiary/aromatic N) is 1. The maximum atomic E-state index is 3.78. The predicted molar refractivity (Wildman–Crippen MR) is 108 cm³/mol. The molecule has 2 aromatic rings. The van der Waals surface area contributed by atoms with Gasteiger partial charge >= 0.3 is 0 Å². The molecular formula is C23H34N2. The molecule has 2 rings (SSSR count). The van der Waals surface area contributed by atoms with Gasteiger partial charge in [0.05, 0.1) is 0 Å². The first-order chi connectivity index (χ1) is 11.9. The lowest BCUT2D eigenvalue weighted by Crippen LogP contribution is -2.45. The Hall–Kier alpha value is -1.64. The lowest BCUT2D eigenvalue weighted by Gasteiger charge is -2.32. The van der Waals surface area contributed by atoms with Crippen LogP contribution >= 0.6 is 0 Å². The van der Waals surface area contributed by atoms with Gasteiger partial charge < -0.3 is 0 Å². The summed E-state index contributed by atoms with van der Waals surface area (Å²) in [6, 6.07) is 21.5. The van der Waals surface area contributed by atoms with Crippen LogP contribution in [0, 0.1) is 5.92 Å². The summed E-state index contributed by atoms with van der Waals surface area (Å²) in [6.45, 7) is 12.1. The van der Waals surface area contributed by atoms with Crippen LogP contribution in [0.2, 0.25) is 0 Å². The Morgan fingerprint density at radius 2 is 1.32 bits per heavy atom.